The molecule has 0 spiro atoms. The van der Waals surface area contributed by atoms with Gasteiger partial charge in [0.25, 0.3) is 0 Å². The van der Waals surface area contributed by atoms with Crippen LogP contribution in [0, 0.1) is 19.7 Å². The highest BCUT2D eigenvalue weighted by molar-refractivity contribution is 6.30. The monoisotopic (exact) mass is 277 g/mol. The molecule has 2 N–H and O–H groups in total. The van der Waals surface area contributed by atoms with Crippen LogP contribution >= 0.6 is 11.6 Å². The van der Waals surface area contributed by atoms with E-state index in [4.69, 9.17) is 17.3 Å². The van der Waals surface area contributed by atoms with Crippen molar-refractivity contribution >= 4 is 11.6 Å². The van der Waals surface area contributed by atoms with Gasteiger partial charge in [0, 0.05) is 10.6 Å². The molecule has 0 fully saturated rings. The molecule has 3 heteroatoms. The first-order valence-electron chi connectivity index (χ1n) is 6.14. The minimum absolute atomic E-state index is 0.373. The minimum atomic E-state index is -0.884. The van der Waals surface area contributed by atoms with Crippen LogP contribution in [0.1, 0.15) is 29.2 Å². The maximum Gasteiger partial charge on any atom is 0.130 e. The number of hydrogen-bond acceptors (Lipinski definition) is 1. The number of benzene rings is 2. The molecule has 2 aromatic rings. The van der Waals surface area contributed by atoms with E-state index < -0.39 is 5.54 Å². The van der Waals surface area contributed by atoms with Gasteiger partial charge in [-0.15, -0.1) is 0 Å². The van der Waals surface area contributed by atoms with Crippen LogP contribution in [0.4, 0.5) is 4.39 Å². The Hall–Kier alpha value is -1.38. The molecule has 0 aliphatic carbocycles. The van der Waals surface area contributed by atoms with E-state index in [9.17, 15) is 4.39 Å². The molecule has 2 aromatic carbocycles. The summed E-state index contributed by atoms with van der Waals surface area (Å²) in [5.74, 6) is -0.376. The van der Waals surface area contributed by atoms with Crippen molar-refractivity contribution in [2.24, 2.45) is 5.73 Å². The summed E-state index contributed by atoms with van der Waals surface area (Å²) in [5, 5.41) is 0.373. The Morgan fingerprint density at radius 3 is 2.37 bits per heavy atom. The molecule has 0 aromatic heterocycles. The minimum Gasteiger partial charge on any atom is -0.318 e. The molecule has 0 saturated carbocycles. The largest absolute Gasteiger partial charge is 0.318 e. The maximum atomic E-state index is 14.1. The third-order valence-electron chi connectivity index (χ3n) is 3.44. The molecule has 0 saturated heterocycles. The van der Waals surface area contributed by atoms with Crippen molar-refractivity contribution < 1.29 is 4.39 Å². The fraction of sp³-hybridized carbons (Fsp3) is 0.250. The van der Waals surface area contributed by atoms with Crippen LogP contribution in [-0.4, -0.2) is 0 Å². The zero-order chi connectivity index (χ0) is 14.2. The third kappa shape index (κ3) is 2.65. The number of aryl methyl sites for hydroxylation is 2. The lowest BCUT2D eigenvalue weighted by atomic mass is 9.82. The van der Waals surface area contributed by atoms with Gasteiger partial charge in [0.15, 0.2) is 0 Å². The first kappa shape index (κ1) is 14.0. The van der Waals surface area contributed by atoms with Gasteiger partial charge in [0.2, 0.25) is 0 Å². The van der Waals surface area contributed by atoms with Crippen LogP contribution in [0.15, 0.2) is 36.4 Å². The summed E-state index contributed by atoms with van der Waals surface area (Å²) in [6.07, 6.45) is 0. The lowest BCUT2D eigenvalue weighted by Gasteiger charge is -2.28. The molecular weight excluding hydrogens is 261 g/mol. The molecule has 1 atom stereocenters. The summed E-state index contributed by atoms with van der Waals surface area (Å²) in [6.45, 7) is 5.80. The molecule has 0 aliphatic heterocycles. The Balaban J connectivity index is 2.61. The van der Waals surface area contributed by atoms with Crippen LogP contribution in [0.5, 0.6) is 0 Å². The molecule has 1 unspecified atom stereocenters. The summed E-state index contributed by atoms with van der Waals surface area (Å²) in [5.41, 5.74) is 9.04. The topological polar surface area (TPSA) is 26.0 Å². The zero-order valence-electron chi connectivity index (χ0n) is 11.3. The van der Waals surface area contributed by atoms with Crippen LogP contribution in [0.3, 0.4) is 0 Å². The molecule has 0 amide bonds. The second-order valence-corrected chi connectivity index (χ2v) is 5.58. The molecule has 2 rings (SSSR count). The average Bonchev–Trinajstić information content (AvgIpc) is 2.31. The van der Waals surface area contributed by atoms with Crippen LogP contribution < -0.4 is 5.73 Å². The number of nitrogens with two attached hydrogens (primary N) is 1. The molecule has 0 heterocycles. The fourth-order valence-corrected chi connectivity index (χ4v) is 2.51. The van der Waals surface area contributed by atoms with Gasteiger partial charge in [-0.2, -0.15) is 0 Å². The van der Waals surface area contributed by atoms with Gasteiger partial charge in [0.05, 0.1) is 5.54 Å². The lowest BCUT2D eigenvalue weighted by Crippen LogP contribution is -2.36. The molecule has 0 radical (unpaired) electrons. The average molecular weight is 278 g/mol. The van der Waals surface area contributed by atoms with E-state index in [0.717, 1.165) is 16.7 Å². The van der Waals surface area contributed by atoms with Crippen molar-refractivity contribution in [3.05, 3.63) is 69.5 Å². The van der Waals surface area contributed by atoms with E-state index in [1.807, 2.05) is 39.0 Å². The highest BCUT2D eigenvalue weighted by Gasteiger charge is 2.28. The Labute approximate surface area is 118 Å². The van der Waals surface area contributed by atoms with Gasteiger partial charge in [-0.05, 0) is 44.0 Å². The van der Waals surface area contributed by atoms with Gasteiger partial charge < -0.3 is 5.73 Å². The maximum absolute atomic E-state index is 14.1. The quantitative estimate of drug-likeness (QED) is 0.869. The molecular formula is C16H17ClFN. The van der Waals surface area contributed by atoms with Crippen molar-refractivity contribution in [2.75, 3.05) is 0 Å². The van der Waals surface area contributed by atoms with Crippen LogP contribution in [0.2, 0.25) is 5.02 Å². The Morgan fingerprint density at radius 2 is 1.74 bits per heavy atom. The standard InChI is InChI=1S/C16H17ClFN/c1-10-4-5-11(2)14(8-10)16(3,19)13-7-6-12(17)9-15(13)18/h4-9H,19H2,1-3H3. The molecule has 0 bridgehead atoms. The third-order valence-corrected chi connectivity index (χ3v) is 3.68. The molecule has 19 heavy (non-hydrogen) atoms. The van der Waals surface area contributed by atoms with Crippen molar-refractivity contribution in [2.45, 2.75) is 26.3 Å². The van der Waals surface area contributed by atoms with Crippen molar-refractivity contribution in [1.29, 1.82) is 0 Å². The second-order valence-electron chi connectivity index (χ2n) is 5.14. The van der Waals surface area contributed by atoms with E-state index >= 15 is 0 Å². The Morgan fingerprint density at radius 1 is 1.05 bits per heavy atom. The first-order chi connectivity index (χ1) is 8.82. The highest BCUT2D eigenvalue weighted by Crippen LogP contribution is 2.32. The second kappa shape index (κ2) is 4.95. The zero-order valence-corrected chi connectivity index (χ0v) is 12.1. The van der Waals surface area contributed by atoms with Gasteiger partial charge in [-0.3, -0.25) is 0 Å². The summed E-state index contributed by atoms with van der Waals surface area (Å²) in [7, 11) is 0. The van der Waals surface area contributed by atoms with Gasteiger partial charge >= 0.3 is 0 Å². The van der Waals surface area contributed by atoms with Crippen LogP contribution in [-0.2, 0) is 5.54 Å². The van der Waals surface area contributed by atoms with E-state index in [1.54, 1.807) is 12.1 Å². The highest BCUT2D eigenvalue weighted by atomic mass is 35.5. The van der Waals surface area contributed by atoms with E-state index in [-0.39, 0.29) is 5.82 Å². The SMILES string of the molecule is Cc1ccc(C)c(C(C)(N)c2ccc(Cl)cc2F)c1. The summed E-state index contributed by atoms with van der Waals surface area (Å²) in [4.78, 5) is 0. The molecule has 1 nitrogen and oxygen atoms in total. The van der Waals surface area contributed by atoms with E-state index in [0.29, 0.717) is 10.6 Å². The normalized spacial score (nSPS) is 14.2. The van der Waals surface area contributed by atoms with Crippen molar-refractivity contribution in [3.63, 3.8) is 0 Å². The summed E-state index contributed by atoms with van der Waals surface area (Å²) in [6, 6.07) is 10.6. The van der Waals surface area contributed by atoms with Crippen LogP contribution in [0.25, 0.3) is 0 Å². The summed E-state index contributed by atoms with van der Waals surface area (Å²) < 4.78 is 14.1. The summed E-state index contributed by atoms with van der Waals surface area (Å²) >= 11 is 5.79. The van der Waals surface area contributed by atoms with E-state index in [1.165, 1.54) is 6.07 Å². The number of rotatable bonds is 2. The predicted molar refractivity (Wildman–Crippen MR) is 78.0 cm³/mol. The lowest BCUT2D eigenvalue weighted by molar-refractivity contribution is 0.529. The Bertz CT molecular complexity index is 620. The van der Waals surface area contributed by atoms with Gasteiger partial charge in [0.1, 0.15) is 5.82 Å². The van der Waals surface area contributed by atoms with Crippen molar-refractivity contribution in [1.82, 2.24) is 0 Å². The first-order valence-corrected chi connectivity index (χ1v) is 6.52. The number of halogens is 2. The van der Waals surface area contributed by atoms with Crippen molar-refractivity contribution in [3.8, 4) is 0 Å². The molecule has 0 aliphatic rings. The predicted octanol–water partition coefficient (Wildman–Crippen LogP) is 4.32. The fourth-order valence-electron chi connectivity index (χ4n) is 2.35. The smallest absolute Gasteiger partial charge is 0.130 e. The van der Waals surface area contributed by atoms with Gasteiger partial charge in [-0.25, -0.2) is 4.39 Å². The Kier molecular flexibility index (Phi) is 3.66. The number of hydrogen-bond donors (Lipinski definition) is 1. The molecule has 100 valence electrons. The van der Waals surface area contributed by atoms with Gasteiger partial charge in [-0.1, -0.05) is 41.4 Å². The van der Waals surface area contributed by atoms with E-state index in [2.05, 4.69) is 0 Å².